The average Bonchev–Trinajstić information content (AvgIpc) is 2.80. The van der Waals surface area contributed by atoms with Crippen LogP contribution in [-0.2, 0) is 6.61 Å². The molecule has 0 N–H and O–H groups in total. The van der Waals surface area contributed by atoms with Gasteiger partial charge in [0.2, 0.25) is 0 Å². The molecule has 4 heteroatoms. The molecule has 0 aromatic heterocycles. The molecule has 4 aromatic carbocycles. The van der Waals surface area contributed by atoms with Crippen LogP contribution in [0.4, 0.5) is 0 Å². The molecular formula is C26H21LiOS2. The van der Waals surface area contributed by atoms with E-state index in [4.69, 9.17) is 4.74 Å². The Balaban J connectivity index is 0.00000256. The summed E-state index contributed by atoms with van der Waals surface area (Å²) < 4.78 is 7.28. The van der Waals surface area contributed by atoms with Crippen molar-refractivity contribution in [2.24, 2.45) is 0 Å². The van der Waals surface area contributed by atoms with Crippen LogP contribution in [0.25, 0.3) is 0 Å². The van der Waals surface area contributed by atoms with Crippen LogP contribution in [0.1, 0.15) is 11.1 Å². The number of benzene rings is 4. The number of rotatable bonds is 8. The fourth-order valence-corrected chi connectivity index (χ4v) is 5.03. The van der Waals surface area contributed by atoms with E-state index in [0.29, 0.717) is 6.61 Å². The third-order valence-corrected chi connectivity index (χ3v) is 6.58. The summed E-state index contributed by atoms with van der Waals surface area (Å²) in [5.74, 6) is 0.881. The Hall–Kier alpha value is -2.15. The Morgan fingerprint density at radius 3 is 1.70 bits per heavy atom. The Kier molecular flexibility index (Phi) is 8.93. The van der Waals surface area contributed by atoms with Crippen molar-refractivity contribution in [3.8, 4) is 5.75 Å². The van der Waals surface area contributed by atoms with Crippen molar-refractivity contribution >= 4 is 23.5 Å². The fourth-order valence-electron chi connectivity index (χ4n) is 2.78. The zero-order valence-electron chi connectivity index (χ0n) is 16.9. The summed E-state index contributed by atoms with van der Waals surface area (Å²) in [7, 11) is 0. The van der Waals surface area contributed by atoms with Crippen LogP contribution >= 0.6 is 23.5 Å². The molecule has 0 spiro atoms. The van der Waals surface area contributed by atoms with Crippen molar-refractivity contribution in [2.75, 3.05) is 0 Å². The largest absolute Gasteiger partial charge is 1.00 e. The van der Waals surface area contributed by atoms with Gasteiger partial charge in [0.05, 0.1) is 5.75 Å². The van der Waals surface area contributed by atoms with E-state index in [2.05, 4.69) is 78.9 Å². The van der Waals surface area contributed by atoms with Gasteiger partial charge in [-0.1, -0.05) is 71.3 Å². The second-order valence-electron chi connectivity index (χ2n) is 6.42. The van der Waals surface area contributed by atoms with Crippen molar-refractivity contribution in [2.45, 2.75) is 16.4 Å². The summed E-state index contributed by atoms with van der Waals surface area (Å²) >= 11 is 3.57. The van der Waals surface area contributed by atoms with Crippen LogP contribution in [0.5, 0.6) is 5.75 Å². The number of hydrogen-bond acceptors (Lipinski definition) is 3. The minimum atomic E-state index is 0. The van der Waals surface area contributed by atoms with E-state index in [1.54, 1.807) is 23.5 Å². The quantitative estimate of drug-likeness (QED) is 0.232. The predicted molar refractivity (Wildman–Crippen MR) is 124 cm³/mol. The minimum absolute atomic E-state index is 0. The first kappa shape index (κ1) is 22.5. The molecule has 0 aliphatic carbocycles. The van der Waals surface area contributed by atoms with E-state index < -0.39 is 0 Å². The van der Waals surface area contributed by atoms with Gasteiger partial charge in [-0.15, -0.1) is 12.1 Å². The topological polar surface area (TPSA) is 9.23 Å². The molecule has 0 amide bonds. The van der Waals surface area contributed by atoms with E-state index in [1.165, 1.54) is 25.5 Å². The molecule has 0 aliphatic rings. The molecule has 144 valence electrons. The Bertz CT molecular complexity index is 969. The molecule has 0 fully saturated rings. The summed E-state index contributed by atoms with van der Waals surface area (Å²) in [5.41, 5.74) is 2.33. The monoisotopic (exact) mass is 420 g/mol. The smallest absolute Gasteiger partial charge is 0.502 e. The molecule has 0 atom stereocenters. The minimum Gasteiger partial charge on any atom is -0.502 e. The molecule has 4 rings (SSSR count). The van der Waals surface area contributed by atoms with E-state index in [-0.39, 0.29) is 18.9 Å². The molecule has 0 saturated carbocycles. The number of thioether (sulfide) groups is 2. The van der Waals surface area contributed by atoms with Crippen LogP contribution < -0.4 is 23.6 Å². The molecule has 0 bridgehead atoms. The van der Waals surface area contributed by atoms with E-state index in [1.807, 2.05) is 36.4 Å². The van der Waals surface area contributed by atoms with Crippen molar-refractivity contribution in [3.05, 3.63) is 131 Å². The van der Waals surface area contributed by atoms with Gasteiger partial charge in [0.25, 0.3) is 0 Å². The summed E-state index contributed by atoms with van der Waals surface area (Å²) in [6, 6.07) is 39.6. The number of hydrogen-bond donors (Lipinski definition) is 0. The molecule has 0 saturated heterocycles. The Labute approximate surface area is 199 Å². The summed E-state index contributed by atoms with van der Waals surface area (Å²) in [6.07, 6.45) is 0. The van der Waals surface area contributed by atoms with E-state index in [9.17, 15) is 0 Å². The van der Waals surface area contributed by atoms with Gasteiger partial charge in [-0.05, 0) is 35.9 Å². The third kappa shape index (κ3) is 6.69. The van der Waals surface area contributed by atoms with E-state index >= 15 is 0 Å². The van der Waals surface area contributed by atoms with Crippen molar-refractivity contribution in [1.29, 1.82) is 0 Å². The number of ether oxygens (including phenoxy) is 1. The molecule has 0 unspecified atom stereocenters. The Morgan fingerprint density at radius 1 is 0.600 bits per heavy atom. The summed E-state index contributed by atoms with van der Waals surface area (Å²) in [6.45, 7) is 0.567. The Morgan fingerprint density at radius 2 is 1.13 bits per heavy atom. The second kappa shape index (κ2) is 11.9. The van der Waals surface area contributed by atoms with Gasteiger partial charge in [0.1, 0.15) is 6.61 Å². The maximum atomic E-state index is 6.05. The second-order valence-corrected chi connectivity index (χ2v) is 8.85. The third-order valence-electron chi connectivity index (χ3n) is 4.23. The van der Waals surface area contributed by atoms with Gasteiger partial charge in [-0.3, -0.25) is 0 Å². The van der Waals surface area contributed by atoms with Gasteiger partial charge in [0.15, 0.2) is 0 Å². The van der Waals surface area contributed by atoms with Crippen LogP contribution in [-0.4, -0.2) is 0 Å². The van der Waals surface area contributed by atoms with Crippen molar-refractivity contribution in [1.82, 2.24) is 0 Å². The molecule has 1 nitrogen and oxygen atoms in total. The zero-order valence-corrected chi connectivity index (χ0v) is 18.5. The summed E-state index contributed by atoms with van der Waals surface area (Å²) in [4.78, 5) is 2.45. The molecule has 0 heterocycles. The van der Waals surface area contributed by atoms with Crippen molar-refractivity contribution < 1.29 is 23.6 Å². The van der Waals surface area contributed by atoms with Gasteiger partial charge >= 0.3 is 18.9 Å². The normalized spacial score (nSPS) is 10.1. The molecule has 4 aromatic rings. The zero-order chi connectivity index (χ0) is 19.7. The maximum Gasteiger partial charge on any atom is 1.00 e. The van der Waals surface area contributed by atoms with Gasteiger partial charge in [-0.25, -0.2) is 0 Å². The molecule has 30 heavy (non-hydrogen) atoms. The van der Waals surface area contributed by atoms with Gasteiger partial charge in [-0.2, -0.15) is 35.2 Å². The predicted octanol–water partition coefficient (Wildman–Crippen LogP) is 4.69. The standard InChI is InChI=1S/C26H21OS2.Li/c1-4-11-21(12-5-1)20-27-23-14-10-13-22(19-23)26(28-24-15-6-2-7-16-24)29-25-17-8-3-9-18-25;/h1-19H,20H2;/q-1;+1. The molecule has 0 aliphatic heterocycles. The van der Waals surface area contributed by atoms with Gasteiger partial charge < -0.3 is 4.74 Å². The average molecular weight is 421 g/mol. The first-order valence-electron chi connectivity index (χ1n) is 9.47. The van der Waals surface area contributed by atoms with Crippen LogP contribution in [0.3, 0.4) is 0 Å². The van der Waals surface area contributed by atoms with Crippen LogP contribution in [0.2, 0.25) is 0 Å². The van der Waals surface area contributed by atoms with Crippen LogP contribution in [0, 0.1) is 4.58 Å². The van der Waals surface area contributed by atoms with Gasteiger partial charge in [0, 0.05) is 9.79 Å². The van der Waals surface area contributed by atoms with Crippen molar-refractivity contribution in [3.63, 3.8) is 0 Å². The fraction of sp³-hybridized carbons (Fsp3) is 0.0385. The van der Waals surface area contributed by atoms with E-state index in [0.717, 1.165) is 5.75 Å². The van der Waals surface area contributed by atoms with Crippen LogP contribution in [0.15, 0.2) is 125 Å². The molecule has 0 radical (unpaired) electrons. The summed E-state index contributed by atoms with van der Waals surface area (Å²) in [5, 5.41) is 0. The first-order valence-corrected chi connectivity index (χ1v) is 11.1. The SMILES string of the molecule is [Li+].c1ccc(COc2cccc([C-](Sc3ccccc3)Sc3ccccc3)c2)cc1. The molecular weight excluding hydrogens is 399 g/mol. The maximum absolute atomic E-state index is 6.05. The first-order chi connectivity index (χ1) is 14.4.